The third kappa shape index (κ3) is 0.891. The highest BCUT2D eigenvalue weighted by Gasteiger charge is 2.46. The van der Waals surface area contributed by atoms with Crippen molar-refractivity contribution < 1.29 is 14.3 Å². The predicted molar refractivity (Wildman–Crippen MR) is 41.0 cm³/mol. The summed E-state index contributed by atoms with van der Waals surface area (Å²) in [6.45, 7) is 1.94. The van der Waals surface area contributed by atoms with Gasteiger partial charge in [-0.2, -0.15) is 0 Å². The third-order valence-corrected chi connectivity index (χ3v) is 2.61. The summed E-state index contributed by atoms with van der Waals surface area (Å²) in [6.07, 6.45) is 4.58. The molecule has 0 aromatic carbocycles. The Morgan fingerprint density at radius 1 is 1.42 bits per heavy atom. The lowest BCUT2D eigenvalue weighted by atomic mass is 9.78. The summed E-state index contributed by atoms with van der Waals surface area (Å²) in [5.74, 6) is -0.981. The molecule has 3 heteroatoms. The predicted octanol–water partition coefficient (Wildman–Crippen LogP) is 0.898. The number of hydrogen-bond acceptors (Lipinski definition) is 3. The van der Waals surface area contributed by atoms with E-state index in [4.69, 9.17) is 0 Å². The minimum absolute atomic E-state index is 0.141. The molecule has 0 N–H and O–H groups in total. The van der Waals surface area contributed by atoms with Crippen LogP contribution in [0.15, 0.2) is 12.2 Å². The fourth-order valence-electron chi connectivity index (χ4n) is 1.94. The number of rotatable bonds is 0. The maximum absolute atomic E-state index is 11.2. The van der Waals surface area contributed by atoms with E-state index in [1.807, 2.05) is 19.1 Å². The molecule has 12 heavy (non-hydrogen) atoms. The Morgan fingerprint density at radius 2 is 2.17 bits per heavy atom. The van der Waals surface area contributed by atoms with Crippen LogP contribution in [0.25, 0.3) is 0 Å². The highest BCUT2D eigenvalue weighted by atomic mass is 16.6. The molecule has 3 atom stereocenters. The molecule has 1 saturated heterocycles. The molecule has 1 aliphatic heterocycles. The molecule has 1 heterocycles. The van der Waals surface area contributed by atoms with E-state index in [1.54, 1.807) is 0 Å². The number of allylic oxidation sites excluding steroid dienone is 2. The van der Waals surface area contributed by atoms with Gasteiger partial charge in [0.15, 0.2) is 0 Å². The number of fused-ring (bicyclic) bond motifs is 1. The fourth-order valence-corrected chi connectivity index (χ4v) is 1.94. The first kappa shape index (κ1) is 7.53. The number of carbonyl (C=O) groups excluding carboxylic acids is 2. The standard InChI is InChI=1S/C9H10O3/c1-5-3-2-4-6-7(5)9(11)12-8(6)10/h2-3,5-7H,4H2,1H3/t5?,6-,7+/m1/s1. The molecule has 0 aromatic heterocycles. The van der Waals surface area contributed by atoms with E-state index in [1.165, 1.54) is 0 Å². The zero-order valence-corrected chi connectivity index (χ0v) is 6.82. The molecular weight excluding hydrogens is 156 g/mol. The zero-order chi connectivity index (χ0) is 8.72. The SMILES string of the molecule is CC1C=CC[C@H]2C(=O)OC(=O)[C@@H]12. The van der Waals surface area contributed by atoms with E-state index in [9.17, 15) is 9.59 Å². The zero-order valence-electron chi connectivity index (χ0n) is 6.82. The normalized spacial score (nSPS) is 39.6. The Bertz CT molecular complexity index is 267. The molecule has 0 aromatic rings. The van der Waals surface area contributed by atoms with Crippen LogP contribution in [0.3, 0.4) is 0 Å². The summed E-state index contributed by atoms with van der Waals surface area (Å²) in [5.41, 5.74) is 0. The van der Waals surface area contributed by atoms with Gasteiger partial charge in [-0.05, 0) is 12.3 Å². The molecular formula is C9H10O3. The lowest BCUT2D eigenvalue weighted by Gasteiger charge is -2.20. The van der Waals surface area contributed by atoms with Crippen LogP contribution < -0.4 is 0 Å². The number of ether oxygens (including phenoxy) is 1. The minimum atomic E-state index is -0.346. The van der Waals surface area contributed by atoms with E-state index in [0.717, 1.165) is 0 Å². The molecule has 0 spiro atoms. The van der Waals surface area contributed by atoms with Crippen LogP contribution in [-0.4, -0.2) is 11.9 Å². The number of carbonyl (C=O) groups is 2. The largest absolute Gasteiger partial charge is 0.393 e. The van der Waals surface area contributed by atoms with E-state index in [-0.39, 0.29) is 29.7 Å². The average molecular weight is 166 g/mol. The van der Waals surface area contributed by atoms with Gasteiger partial charge >= 0.3 is 11.9 Å². The molecule has 1 unspecified atom stereocenters. The smallest absolute Gasteiger partial charge is 0.318 e. The maximum atomic E-state index is 11.2. The minimum Gasteiger partial charge on any atom is -0.393 e. The van der Waals surface area contributed by atoms with Gasteiger partial charge in [-0.15, -0.1) is 0 Å². The van der Waals surface area contributed by atoms with Crippen molar-refractivity contribution in [1.29, 1.82) is 0 Å². The number of hydrogen-bond donors (Lipinski definition) is 0. The molecule has 2 aliphatic rings. The van der Waals surface area contributed by atoms with Crippen LogP contribution in [0.5, 0.6) is 0 Å². The average Bonchev–Trinajstić information content (AvgIpc) is 2.29. The summed E-state index contributed by atoms with van der Waals surface area (Å²) >= 11 is 0. The van der Waals surface area contributed by atoms with E-state index in [2.05, 4.69) is 4.74 Å². The van der Waals surface area contributed by atoms with E-state index < -0.39 is 0 Å². The molecule has 64 valence electrons. The molecule has 0 radical (unpaired) electrons. The van der Waals surface area contributed by atoms with Crippen molar-refractivity contribution in [1.82, 2.24) is 0 Å². The Kier molecular flexibility index (Phi) is 1.53. The highest BCUT2D eigenvalue weighted by Crippen LogP contribution is 2.36. The first-order chi connectivity index (χ1) is 5.70. The van der Waals surface area contributed by atoms with E-state index >= 15 is 0 Å². The Morgan fingerprint density at radius 3 is 2.83 bits per heavy atom. The van der Waals surface area contributed by atoms with Gasteiger partial charge in [0.2, 0.25) is 0 Å². The van der Waals surface area contributed by atoms with Crippen molar-refractivity contribution in [3.8, 4) is 0 Å². The molecule has 2 rings (SSSR count). The first-order valence-electron chi connectivity index (χ1n) is 4.12. The van der Waals surface area contributed by atoms with Crippen molar-refractivity contribution in [2.45, 2.75) is 13.3 Å². The van der Waals surface area contributed by atoms with Gasteiger partial charge in [0.1, 0.15) is 0 Å². The summed E-state index contributed by atoms with van der Waals surface area (Å²) in [6, 6.07) is 0. The highest BCUT2D eigenvalue weighted by molar-refractivity contribution is 5.97. The number of cyclic esters (lactones) is 2. The van der Waals surface area contributed by atoms with Crippen molar-refractivity contribution >= 4 is 11.9 Å². The van der Waals surface area contributed by atoms with Gasteiger partial charge in [0, 0.05) is 0 Å². The molecule has 1 fully saturated rings. The summed E-state index contributed by atoms with van der Waals surface area (Å²) < 4.78 is 4.56. The summed E-state index contributed by atoms with van der Waals surface area (Å²) in [5, 5.41) is 0. The lowest BCUT2D eigenvalue weighted by Crippen LogP contribution is -2.25. The van der Waals surface area contributed by atoms with Crippen LogP contribution in [0, 0.1) is 17.8 Å². The van der Waals surface area contributed by atoms with Gasteiger partial charge < -0.3 is 4.74 Å². The summed E-state index contributed by atoms with van der Waals surface area (Å²) in [7, 11) is 0. The number of esters is 2. The van der Waals surface area contributed by atoms with Crippen LogP contribution in [0.4, 0.5) is 0 Å². The topological polar surface area (TPSA) is 43.4 Å². The van der Waals surface area contributed by atoms with Crippen LogP contribution in [0.1, 0.15) is 13.3 Å². The second-order valence-electron chi connectivity index (χ2n) is 3.40. The molecule has 0 bridgehead atoms. The van der Waals surface area contributed by atoms with Gasteiger partial charge in [-0.1, -0.05) is 19.1 Å². The monoisotopic (exact) mass is 166 g/mol. The maximum Gasteiger partial charge on any atom is 0.318 e. The lowest BCUT2D eigenvalue weighted by molar-refractivity contribution is -0.153. The van der Waals surface area contributed by atoms with Crippen molar-refractivity contribution in [2.75, 3.05) is 0 Å². The fraction of sp³-hybridized carbons (Fsp3) is 0.556. The Balaban J connectivity index is 2.32. The quantitative estimate of drug-likeness (QED) is 0.305. The second kappa shape index (κ2) is 2.44. The van der Waals surface area contributed by atoms with Crippen LogP contribution in [0.2, 0.25) is 0 Å². The Hall–Kier alpha value is -1.12. The second-order valence-corrected chi connectivity index (χ2v) is 3.40. The van der Waals surface area contributed by atoms with Gasteiger partial charge in [-0.25, -0.2) is 0 Å². The van der Waals surface area contributed by atoms with Gasteiger partial charge in [0.05, 0.1) is 11.8 Å². The van der Waals surface area contributed by atoms with Gasteiger partial charge in [-0.3, -0.25) is 9.59 Å². The van der Waals surface area contributed by atoms with Gasteiger partial charge in [0.25, 0.3) is 0 Å². The molecule has 3 nitrogen and oxygen atoms in total. The van der Waals surface area contributed by atoms with Crippen molar-refractivity contribution in [3.63, 3.8) is 0 Å². The van der Waals surface area contributed by atoms with Crippen molar-refractivity contribution in [3.05, 3.63) is 12.2 Å². The Labute approximate surface area is 70.4 Å². The first-order valence-corrected chi connectivity index (χ1v) is 4.12. The van der Waals surface area contributed by atoms with Crippen LogP contribution >= 0.6 is 0 Å². The molecule has 1 aliphatic carbocycles. The molecule has 0 amide bonds. The van der Waals surface area contributed by atoms with Crippen LogP contribution in [-0.2, 0) is 14.3 Å². The van der Waals surface area contributed by atoms with E-state index in [0.29, 0.717) is 6.42 Å². The molecule has 0 saturated carbocycles. The van der Waals surface area contributed by atoms with Crippen molar-refractivity contribution in [2.24, 2.45) is 17.8 Å². The summed E-state index contributed by atoms with van der Waals surface area (Å²) in [4.78, 5) is 22.2. The third-order valence-electron chi connectivity index (χ3n) is 2.61.